The Morgan fingerprint density at radius 2 is 1.88 bits per heavy atom. The number of ether oxygens (including phenoxy) is 2. The monoisotopic (exact) mass is 354 g/mol. The molecule has 26 heavy (non-hydrogen) atoms. The molecule has 0 radical (unpaired) electrons. The van der Waals surface area contributed by atoms with Crippen molar-refractivity contribution >= 4 is 17.5 Å². The maximum Gasteiger partial charge on any atom is 0.251 e. The van der Waals surface area contributed by atoms with E-state index >= 15 is 0 Å². The number of carbonyl (C=O) groups excluding carboxylic acids is 2. The number of carbonyl (C=O) groups is 2. The Morgan fingerprint density at radius 3 is 2.50 bits per heavy atom. The van der Waals surface area contributed by atoms with Crippen LogP contribution in [-0.2, 0) is 11.3 Å². The zero-order chi connectivity index (χ0) is 18.5. The van der Waals surface area contributed by atoms with Gasteiger partial charge in [-0.1, -0.05) is 12.1 Å². The fraction of sp³-hybridized carbons (Fsp3) is 0.300. The summed E-state index contributed by atoms with van der Waals surface area (Å²) >= 11 is 0. The maximum absolute atomic E-state index is 12.4. The van der Waals surface area contributed by atoms with Crippen LogP contribution in [0.5, 0.6) is 11.5 Å². The molecule has 1 heterocycles. The van der Waals surface area contributed by atoms with Gasteiger partial charge < -0.3 is 19.7 Å². The number of hydrogen-bond donors (Lipinski definition) is 1. The molecule has 0 atom stereocenters. The summed E-state index contributed by atoms with van der Waals surface area (Å²) in [5, 5.41) is 2.88. The standard InChI is InChI=1S/C20H22N2O4/c1-25-17-6-3-5-15(19(17)26-2)13-21-20(24)14-8-10-16(11-9-14)22-12-4-7-18(22)23/h3,5-6,8-11H,4,7,12-13H2,1-2H3,(H,21,24). The molecule has 1 saturated heterocycles. The van der Waals surface area contributed by atoms with Crippen LogP contribution < -0.4 is 19.7 Å². The van der Waals surface area contributed by atoms with E-state index in [1.54, 1.807) is 31.3 Å². The third-order valence-corrected chi connectivity index (χ3v) is 4.44. The molecule has 0 saturated carbocycles. The molecule has 1 aliphatic rings. The van der Waals surface area contributed by atoms with Crippen LogP contribution in [0, 0.1) is 0 Å². The number of nitrogens with one attached hydrogen (secondary N) is 1. The summed E-state index contributed by atoms with van der Waals surface area (Å²) in [6, 6.07) is 12.6. The van der Waals surface area contributed by atoms with Crippen LogP contribution in [0.3, 0.4) is 0 Å². The molecular formula is C20H22N2O4. The minimum Gasteiger partial charge on any atom is -0.493 e. The molecule has 2 amide bonds. The highest BCUT2D eigenvalue weighted by atomic mass is 16.5. The van der Waals surface area contributed by atoms with Gasteiger partial charge in [0, 0.05) is 36.3 Å². The number of nitrogens with zero attached hydrogens (tertiary/aromatic N) is 1. The number of anilines is 1. The summed E-state index contributed by atoms with van der Waals surface area (Å²) in [4.78, 5) is 25.9. The number of rotatable bonds is 6. The van der Waals surface area contributed by atoms with Crippen LogP contribution in [0.2, 0.25) is 0 Å². The highest BCUT2D eigenvalue weighted by Crippen LogP contribution is 2.30. The zero-order valence-electron chi connectivity index (χ0n) is 15.0. The van der Waals surface area contributed by atoms with Crippen molar-refractivity contribution in [3.63, 3.8) is 0 Å². The molecule has 6 nitrogen and oxygen atoms in total. The van der Waals surface area contributed by atoms with Gasteiger partial charge in [-0.2, -0.15) is 0 Å². The normalized spacial score (nSPS) is 13.6. The van der Waals surface area contributed by atoms with Crippen molar-refractivity contribution in [1.29, 1.82) is 0 Å². The third kappa shape index (κ3) is 3.64. The van der Waals surface area contributed by atoms with E-state index in [2.05, 4.69) is 5.32 Å². The van der Waals surface area contributed by atoms with E-state index in [-0.39, 0.29) is 11.8 Å². The topological polar surface area (TPSA) is 67.9 Å². The highest BCUT2D eigenvalue weighted by Gasteiger charge is 2.21. The van der Waals surface area contributed by atoms with Crippen molar-refractivity contribution in [3.8, 4) is 11.5 Å². The predicted octanol–water partition coefficient (Wildman–Crippen LogP) is 2.76. The van der Waals surface area contributed by atoms with Gasteiger partial charge in [-0.25, -0.2) is 0 Å². The second kappa shape index (κ2) is 7.91. The number of methoxy groups -OCH3 is 2. The van der Waals surface area contributed by atoms with Gasteiger partial charge in [0.05, 0.1) is 14.2 Å². The molecule has 2 aromatic carbocycles. The zero-order valence-corrected chi connectivity index (χ0v) is 15.0. The fourth-order valence-electron chi connectivity index (χ4n) is 3.08. The quantitative estimate of drug-likeness (QED) is 0.866. The van der Waals surface area contributed by atoms with Crippen LogP contribution in [0.25, 0.3) is 0 Å². The number of hydrogen-bond acceptors (Lipinski definition) is 4. The van der Waals surface area contributed by atoms with E-state index in [4.69, 9.17) is 9.47 Å². The predicted molar refractivity (Wildman–Crippen MR) is 98.7 cm³/mol. The molecule has 1 aliphatic heterocycles. The van der Waals surface area contributed by atoms with Gasteiger partial charge in [0.1, 0.15) is 0 Å². The molecule has 6 heteroatoms. The molecule has 136 valence electrons. The number of amides is 2. The van der Waals surface area contributed by atoms with Crippen molar-refractivity contribution < 1.29 is 19.1 Å². The molecule has 2 aromatic rings. The molecule has 0 unspecified atom stereocenters. The lowest BCUT2D eigenvalue weighted by atomic mass is 10.1. The Kier molecular flexibility index (Phi) is 5.41. The smallest absolute Gasteiger partial charge is 0.251 e. The summed E-state index contributed by atoms with van der Waals surface area (Å²) in [7, 11) is 3.15. The van der Waals surface area contributed by atoms with Crippen LogP contribution in [0.15, 0.2) is 42.5 Å². The minimum atomic E-state index is -0.186. The molecule has 0 spiro atoms. The fourth-order valence-corrected chi connectivity index (χ4v) is 3.08. The van der Waals surface area contributed by atoms with Crippen molar-refractivity contribution in [1.82, 2.24) is 5.32 Å². The summed E-state index contributed by atoms with van der Waals surface area (Å²) < 4.78 is 10.6. The van der Waals surface area contributed by atoms with E-state index in [1.807, 2.05) is 30.3 Å². The van der Waals surface area contributed by atoms with Crippen LogP contribution in [0.4, 0.5) is 5.69 Å². The summed E-state index contributed by atoms with van der Waals surface area (Å²) in [5.41, 5.74) is 2.21. The summed E-state index contributed by atoms with van der Waals surface area (Å²) in [6.07, 6.45) is 1.47. The van der Waals surface area contributed by atoms with Gasteiger partial charge >= 0.3 is 0 Å². The highest BCUT2D eigenvalue weighted by molar-refractivity contribution is 5.97. The van der Waals surface area contributed by atoms with Crippen molar-refractivity contribution in [2.24, 2.45) is 0 Å². The molecule has 0 bridgehead atoms. The average Bonchev–Trinajstić information content (AvgIpc) is 3.11. The van der Waals surface area contributed by atoms with Crippen LogP contribution in [0.1, 0.15) is 28.8 Å². The molecule has 0 aromatic heterocycles. The van der Waals surface area contributed by atoms with E-state index < -0.39 is 0 Å². The first-order chi connectivity index (χ1) is 12.6. The minimum absolute atomic E-state index is 0.132. The van der Waals surface area contributed by atoms with E-state index in [1.165, 1.54) is 0 Å². The molecule has 1 fully saturated rings. The Balaban J connectivity index is 1.66. The lowest BCUT2D eigenvalue weighted by Crippen LogP contribution is -2.25. The first-order valence-electron chi connectivity index (χ1n) is 8.52. The van der Waals surface area contributed by atoms with E-state index in [0.717, 1.165) is 24.2 Å². The van der Waals surface area contributed by atoms with E-state index in [9.17, 15) is 9.59 Å². The third-order valence-electron chi connectivity index (χ3n) is 4.44. The van der Waals surface area contributed by atoms with Crippen LogP contribution >= 0.6 is 0 Å². The van der Waals surface area contributed by atoms with Gasteiger partial charge in [0.2, 0.25) is 5.91 Å². The molecule has 1 N–H and O–H groups in total. The first-order valence-corrected chi connectivity index (χ1v) is 8.52. The summed E-state index contributed by atoms with van der Waals surface area (Å²) in [6.45, 7) is 1.06. The van der Waals surface area contributed by atoms with Gasteiger partial charge in [-0.15, -0.1) is 0 Å². The Hall–Kier alpha value is -3.02. The van der Waals surface area contributed by atoms with Crippen molar-refractivity contribution in [2.75, 3.05) is 25.7 Å². The largest absolute Gasteiger partial charge is 0.493 e. The number of benzene rings is 2. The average molecular weight is 354 g/mol. The maximum atomic E-state index is 12.4. The Morgan fingerprint density at radius 1 is 1.12 bits per heavy atom. The molecule has 0 aliphatic carbocycles. The Labute approximate surface area is 152 Å². The lowest BCUT2D eigenvalue weighted by molar-refractivity contribution is -0.117. The summed E-state index contributed by atoms with van der Waals surface area (Å²) in [5.74, 6) is 1.18. The van der Waals surface area contributed by atoms with Crippen molar-refractivity contribution in [2.45, 2.75) is 19.4 Å². The first kappa shape index (κ1) is 17.8. The van der Waals surface area contributed by atoms with Crippen molar-refractivity contribution in [3.05, 3.63) is 53.6 Å². The van der Waals surface area contributed by atoms with Crippen LogP contribution in [-0.4, -0.2) is 32.6 Å². The second-order valence-corrected chi connectivity index (χ2v) is 6.03. The van der Waals surface area contributed by atoms with Gasteiger partial charge in [-0.05, 0) is 36.8 Å². The number of para-hydroxylation sites is 1. The van der Waals surface area contributed by atoms with E-state index in [0.29, 0.717) is 30.0 Å². The second-order valence-electron chi connectivity index (χ2n) is 6.03. The van der Waals surface area contributed by atoms with Gasteiger partial charge in [-0.3, -0.25) is 9.59 Å². The lowest BCUT2D eigenvalue weighted by Gasteiger charge is -2.16. The molecular weight excluding hydrogens is 332 g/mol. The molecule has 3 rings (SSSR count). The Bertz CT molecular complexity index is 802. The SMILES string of the molecule is COc1cccc(CNC(=O)c2ccc(N3CCCC3=O)cc2)c1OC. The van der Waals surface area contributed by atoms with Gasteiger partial charge in [0.15, 0.2) is 11.5 Å². The van der Waals surface area contributed by atoms with Gasteiger partial charge in [0.25, 0.3) is 5.91 Å².